The van der Waals surface area contributed by atoms with Crippen molar-refractivity contribution in [3.05, 3.63) is 15.6 Å². The second-order valence-corrected chi connectivity index (χ2v) is 10.4. The molecule has 0 bridgehead atoms. The van der Waals surface area contributed by atoms with Crippen LogP contribution in [0.5, 0.6) is 0 Å². The van der Waals surface area contributed by atoms with Crippen LogP contribution in [0.4, 0.5) is 13.2 Å². The van der Waals surface area contributed by atoms with E-state index >= 15 is 0 Å². The molecule has 2 N–H and O–H groups in total. The van der Waals surface area contributed by atoms with Crippen molar-refractivity contribution in [1.29, 1.82) is 0 Å². The number of hydrogen-bond acceptors (Lipinski definition) is 6. The van der Waals surface area contributed by atoms with Gasteiger partial charge in [0.1, 0.15) is 0 Å². The first kappa shape index (κ1) is 23.0. The van der Waals surface area contributed by atoms with E-state index in [1.165, 1.54) is 21.8 Å². The van der Waals surface area contributed by atoms with Crippen molar-refractivity contribution in [3.63, 3.8) is 0 Å². The largest absolute Gasteiger partial charge is 0.490 e. The zero-order valence-electron chi connectivity index (χ0n) is 15.8. The Morgan fingerprint density at radius 1 is 1.32 bits per heavy atom. The summed E-state index contributed by atoms with van der Waals surface area (Å²) < 4.78 is 56.7. The zero-order chi connectivity index (χ0) is 21.3. The number of carboxylic acid groups (broad SMARTS) is 1. The Morgan fingerprint density at radius 2 is 1.86 bits per heavy atom. The van der Waals surface area contributed by atoms with Crippen LogP contribution >= 0.6 is 11.3 Å². The number of fused-ring (bicyclic) bond motifs is 2. The summed E-state index contributed by atoms with van der Waals surface area (Å²) in [5, 5.41) is 11.8. The first-order valence-electron chi connectivity index (χ1n) is 8.72. The molecule has 0 radical (unpaired) electrons. The number of aromatic nitrogens is 1. The van der Waals surface area contributed by atoms with Gasteiger partial charge in [-0.3, -0.25) is 0 Å². The molecular weight excluding hydrogens is 419 g/mol. The average molecular weight is 444 g/mol. The lowest BCUT2D eigenvalue weighted by Gasteiger charge is -2.42. The van der Waals surface area contributed by atoms with Crippen molar-refractivity contribution in [1.82, 2.24) is 14.6 Å². The fourth-order valence-corrected chi connectivity index (χ4v) is 5.31. The van der Waals surface area contributed by atoms with Gasteiger partial charge in [0.2, 0.25) is 10.0 Å². The van der Waals surface area contributed by atoms with Crippen molar-refractivity contribution in [3.8, 4) is 0 Å². The molecule has 0 atom stereocenters. The molecule has 1 aromatic heterocycles. The summed E-state index contributed by atoms with van der Waals surface area (Å²) in [7, 11) is -3.07. The number of thiazole rings is 1. The summed E-state index contributed by atoms with van der Waals surface area (Å²) in [6, 6.07) is 0. The van der Waals surface area contributed by atoms with E-state index in [1.54, 1.807) is 4.31 Å². The van der Waals surface area contributed by atoms with Crippen molar-refractivity contribution in [2.24, 2.45) is 0 Å². The number of aliphatic carboxylic acids is 1. The Labute approximate surface area is 166 Å². The Bertz CT molecular complexity index is 814. The van der Waals surface area contributed by atoms with Gasteiger partial charge in [-0.2, -0.15) is 13.2 Å². The summed E-state index contributed by atoms with van der Waals surface area (Å²) in [4.78, 5) is 15.2. The maximum Gasteiger partial charge on any atom is 0.490 e. The molecule has 0 amide bonds. The maximum atomic E-state index is 11.7. The van der Waals surface area contributed by atoms with Crippen LogP contribution in [0.15, 0.2) is 0 Å². The lowest BCUT2D eigenvalue weighted by molar-refractivity contribution is -0.192. The lowest BCUT2D eigenvalue weighted by Crippen LogP contribution is -2.51. The number of carbonyl (C=O) groups is 1. The molecule has 1 spiro atoms. The number of nitrogens with zero attached hydrogens (tertiary/aromatic N) is 2. The van der Waals surface area contributed by atoms with Crippen LogP contribution in [0.3, 0.4) is 0 Å². The van der Waals surface area contributed by atoms with Crippen LogP contribution in [0.25, 0.3) is 0 Å². The Hall–Kier alpha value is -1.24. The Kier molecular flexibility index (Phi) is 6.79. The molecule has 1 aromatic rings. The molecule has 12 heteroatoms. The summed E-state index contributed by atoms with van der Waals surface area (Å²) >= 11 is 1.81. The van der Waals surface area contributed by atoms with Crippen LogP contribution < -0.4 is 5.32 Å². The highest BCUT2D eigenvalue weighted by Gasteiger charge is 2.43. The normalized spacial score (nSPS) is 19.8. The standard InChI is InChI=1S/C14H23N3O2S2.C2HF3O2/c1-10(2)13-16-12-11(20-13)8-15-9-14(12)4-6-17(7-5-14)21(3,18)19;3-2(4,5)1(6)7/h10,15H,4-9H2,1-3H3;(H,6,7). The van der Waals surface area contributed by atoms with Crippen molar-refractivity contribution in [2.45, 2.75) is 50.7 Å². The number of nitrogens with one attached hydrogen (secondary N) is 1. The molecule has 0 aromatic carbocycles. The van der Waals surface area contributed by atoms with Gasteiger partial charge >= 0.3 is 12.1 Å². The smallest absolute Gasteiger partial charge is 0.475 e. The van der Waals surface area contributed by atoms with E-state index in [-0.39, 0.29) is 5.41 Å². The minimum atomic E-state index is -5.08. The van der Waals surface area contributed by atoms with Gasteiger partial charge in [0, 0.05) is 42.4 Å². The molecule has 0 saturated carbocycles. The van der Waals surface area contributed by atoms with E-state index in [9.17, 15) is 21.6 Å². The van der Waals surface area contributed by atoms with E-state index in [0.29, 0.717) is 19.0 Å². The van der Waals surface area contributed by atoms with Crippen LogP contribution in [-0.2, 0) is 26.8 Å². The minimum absolute atomic E-state index is 0.0262. The number of sulfonamides is 1. The van der Waals surface area contributed by atoms with E-state index in [0.717, 1.165) is 25.9 Å². The minimum Gasteiger partial charge on any atom is -0.475 e. The molecule has 160 valence electrons. The molecular formula is C16H24F3N3O4S2. The monoisotopic (exact) mass is 443 g/mol. The van der Waals surface area contributed by atoms with Crippen LogP contribution in [0.2, 0.25) is 0 Å². The van der Waals surface area contributed by atoms with Crippen molar-refractivity contribution >= 4 is 27.3 Å². The number of rotatable bonds is 2. The topological polar surface area (TPSA) is 99.6 Å². The molecule has 2 aliphatic heterocycles. The van der Waals surface area contributed by atoms with Gasteiger partial charge in [0.25, 0.3) is 0 Å². The fraction of sp³-hybridized carbons (Fsp3) is 0.750. The van der Waals surface area contributed by atoms with E-state index in [4.69, 9.17) is 14.9 Å². The zero-order valence-corrected chi connectivity index (χ0v) is 17.5. The SMILES string of the molecule is CC(C)c1nc2c(s1)CNCC21CCN(S(C)(=O)=O)CC1.O=C(O)C(F)(F)F. The summed E-state index contributed by atoms with van der Waals surface area (Å²) in [5.41, 5.74) is 1.27. The number of alkyl halides is 3. The third-order valence-electron chi connectivity index (χ3n) is 4.85. The molecule has 28 heavy (non-hydrogen) atoms. The molecule has 0 aliphatic carbocycles. The summed E-state index contributed by atoms with van der Waals surface area (Å²) in [5.74, 6) is -2.30. The third kappa shape index (κ3) is 5.22. The van der Waals surface area contributed by atoms with Crippen molar-refractivity contribution < 1.29 is 31.5 Å². The van der Waals surface area contributed by atoms with Gasteiger partial charge in [-0.25, -0.2) is 22.5 Å². The highest BCUT2D eigenvalue weighted by Crippen LogP contribution is 2.42. The molecule has 0 unspecified atom stereocenters. The molecule has 7 nitrogen and oxygen atoms in total. The van der Waals surface area contributed by atoms with Crippen LogP contribution in [0, 0.1) is 0 Å². The lowest BCUT2D eigenvalue weighted by atomic mass is 9.74. The van der Waals surface area contributed by atoms with Crippen LogP contribution in [0.1, 0.15) is 48.2 Å². The number of carboxylic acids is 1. The predicted octanol–water partition coefficient (Wildman–Crippen LogP) is 2.30. The Morgan fingerprint density at radius 3 is 2.29 bits per heavy atom. The van der Waals surface area contributed by atoms with Gasteiger partial charge in [-0.15, -0.1) is 11.3 Å². The number of piperidine rings is 1. The van der Waals surface area contributed by atoms with Crippen LogP contribution in [-0.4, -0.2) is 60.8 Å². The highest BCUT2D eigenvalue weighted by atomic mass is 32.2. The molecule has 3 heterocycles. The third-order valence-corrected chi connectivity index (χ3v) is 7.51. The quantitative estimate of drug-likeness (QED) is 0.728. The van der Waals surface area contributed by atoms with Gasteiger partial charge in [-0.05, 0) is 12.8 Å². The van der Waals surface area contributed by atoms with E-state index in [2.05, 4.69) is 19.2 Å². The predicted molar refractivity (Wildman–Crippen MR) is 98.9 cm³/mol. The average Bonchev–Trinajstić information content (AvgIpc) is 3.00. The van der Waals surface area contributed by atoms with Gasteiger partial charge in [-0.1, -0.05) is 13.8 Å². The first-order valence-corrected chi connectivity index (χ1v) is 11.4. The molecule has 3 rings (SSSR count). The summed E-state index contributed by atoms with van der Waals surface area (Å²) in [6.07, 6.45) is -2.06. The first-order chi connectivity index (χ1) is 12.8. The number of halogens is 3. The van der Waals surface area contributed by atoms with E-state index < -0.39 is 22.2 Å². The van der Waals surface area contributed by atoms with Gasteiger partial charge in [0.05, 0.1) is 17.0 Å². The number of hydrogen-bond donors (Lipinski definition) is 2. The van der Waals surface area contributed by atoms with Gasteiger partial charge in [0.15, 0.2) is 0 Å². The fourth-order valence-electron chi connectivity index (χ4n) is 3.31. The van der Waals surface area contributed by atoms with E-state index in [1.807, 2.05) is 11.3 Å². The molecule has 1 saturated heterocycles. The Balaban J connectivity index is 0.000000345. The van der Waals surface area contributed by atoms with Crippen molar-refractivity contribution in [2.75, 3.05) is 25.9 Å². The molecule has 1 fully saturated rings. The van der Waals surface area contributed by atoms with Gasteiger partial charge < -0.3 is 10.4 Å². The maximum absolute atomic E-state index is 11.7. The molecule has 2 aliphatic rings. The summed E-state index contributed by atoms with van der Waals surface area (Å²) in [6.45, 7) is 7.38. The second kappa shape index (κ2) is 8.25. The second-order valence-electron chi connectivity index (χ2n) is 7.33. The highest BCUT2D eigenvalue weighted by molar-refractivity contribution is 7.88.